The zero-order chi connectivity index (χ0) is 18.0. The van der Waals surface area contributed by atoms with Crippen LogP contribution < -0.4 is 0 Å². The number of rotatable bonds is 17. The van der Waals surface area contributed by atoms with Gasteiger partial charge < -0.3 is 10.2 Å². The smallest absolute Gasteiger partial charge is 0.331 e. The van der Waals surface area contributed by atoms with E-state index in [9.17, 15) is 14.7 Å². The van der Waals surface area contributed by atoms with Crippen molar-refractivity contribution in [3.63, 3.8) is 0 Å². The maximum atomic E-state index is 11.2. The molecule has 0 spiro atoms. The largest absolute Gasteiger partial charge is 0.481 e. The first-order valence-electron chi connectivity index (χ1n) is 9.72. The van der Waals surface area contributed by atoms with Gasteiger partial charge in [-0.05, 0) is 32.1 Å². The van der Waals surface area contributed by atoms with E-state index in [1.54, 1.807) is 0 Å². The second-order valence-corrected chi connectivity index (χ2v) is 6.61. The lowest BCUT2D eigenvalue weighted by atomic mass is 10.0. The second kappa shape index (κ2) is 16.5. The Morgan fingerprint density at radius 2 is 1.21 bits per heavy atom. The van der Waals surface area contributed by atoms with Gasteiger partial charge in [-0.2, -0.15) is 0 Å². The van der Waals surface area contributed by atoms with Crippen LogP contribution >= 0.6 is 0 Å². The SMILES string of the molecule is CCCCCCCCC=C(CCCCCCCCC(=O)O)C(=O)O. The van der Waals surface area contributed by atoms with Crippen molar-refractivity contribution in [1.29, 1.82) is 0 Å². The second-order valence-electron chi connectivity index (χ2n) is 6.61. The first-order chi connectivity index (χ1) is 11.6. The van der Waals surface area contributed by atoms with Crippen LogP contribution in [0.4, 0.5) is 0 Å². The number of allylic oxidation sites excluding steroid dienone is 1. The topological polar surface area (TPSA) is 74.6 Å². The minimum Gasteiger partial charge on any atom is -0.481 e. The molecular weight excluding hydrogens is 304 g/mol. The molecule has 0 aromatic carbocycles. The summed E-state index contributed by atoms with van der Waals surface area (Å²) in [5.41, 5.74) is 0.564. The molecule has 24 heavy (non-hydrogen) atoms. The number of hydrogen-bond acceptors (Lipinski definition) is 2. The molecule has 0 aliphatic heterocycles. The standard InChI is InChI=1S/C20H36O4/c1-2-3-4-5-6-9-12-15-18(20(23)24)16-13-10-7-8-11-14-17-19(21)22/h15H,2-14,16-17H2,1H3,(H,21,22)(H,23,24). The van der Waals surface area contributed by atoms with Crippen LogP contribution in [0.2, 0.25) is 0 Å². The zero-order valence-corrected chi connectivity index (χ0v) is 15.4. The normalized spacial score (nSPS) is 11.6. The van der Waals surface area contributed by atoms with Crippen LogP contribution in [0.5, 0.6) is 0 Å². The van der Waals surface area contributed by atoms with Crippen molar-refractivity contribution >= 4 is 11.9 Å². The summed E-state index contributed by atoms with van der Waals surface area (Å²) in [5.74, 6) is -1.50. The summed E-state index contributed by atoms with van der Waals surface area (Å²) in [7, 11) is 0. The molecule has 0 aliphatic rings. The van der Waals surface area contributed by atoms with Gasteiger partial charge in [-0.25, -0.2) is 4.79 Å². The molecule has 0 radical (unpaired) electrons. The molecule has 0 unspecified atom stereocenters. The molecule has 4 nitrogen and oxygen atoms in total. The van der Waals surface area contributed by atoms with E-state index >= 15 is 0 Å². The Kier molecular flexibility index (Phi) is 15.6. The molecule has 0 aromatic rings. The van der Waals surface area contributed by atoms with Crippen LogP contribution in [-0.2, 0) is 9.59 Å². The first kappa shape index (κ1) is 22.7. The Bertz CT molecular complexity index is 361. The molecule has 0 aliphatic carbocycles. The van der Waals surface area contributed by atoms with E-state index in [1.807, 2.05) is 6.08 Å². The predicted octanol–water partition coefficient (Wildman–Crippen LogP) is 5.95. The molecule has 0 fully saturated rings. The van der Waals surface area contributed by atoms with Crippen LogP contribution in [0.3, 0.4) is 0 Å². The van der Waals surface area contributed by atoms with Crippen molar-refractivity contribution < 1.29 is 19.8 Å². The summed E-state index contributed by atoms with van der Waals surface area (Å²) in [5, 5.41) is 17.8. The highest BCUT2D eigenvalue weighted by Gasteiger charge is 2.06. The van der Waals surface area contributed by atoms with Gasteiger partial charge in [0, 0.05) is 12.0 Å². The fourth-order valence-corrected chi connectivity index (χ4v) is 2.80. The predicted molar refractivity (Wildman–Crippen MR) is 98.3 cm³/mol. The van der Waals surface area contributed by atoms with E-state index in [0.717, 1.165) is 51.4 Å². The van der Waals surface area contributed by atoms with Crippen molar-refractivity contribution in [1.82, 2.24) is 0 Å². The van der Waals surface area contributed by atoms with Gasteiger partial charge in [0.15, 0.2) is 0 Å². The van der Waals surface area contributed by atoms with Gasteiger partial charge in [-0.1, -0.05) is 70.8 Å². The van der Waals surface area contributed by atoms with Crippen LogP contribution in [0.1, 0.15) is 103 Å². The fourth-order valence-electron chi connectivity index (χ4n) is 2.80. The zero-order valence-electron chi connectivity index (χ0n) is 15.4. The summed E-state index contributed by atoms with van der Waals surface area (Å²) in [6.45, 7) is 2.21. The Labute approximate surface area is 147 Å². The van der Waals surface area contributed by atoms with Crippen LogP contribution in [-0.4, -0.2) is 22.2 Å². The lowest BCUT2D eigenvalue weighted by molar-refractivity contribution is -0.137. The summed E-state index contributed by atoms with van der Waals surface area (Å²) in [4.78, 5) is 21.6. The van der Waals surface area contributed by atoms with Gasteiger partial charge in [0.2, 0.25) is 0 Å². The Hall–Kier alpha value is -1.32. The van der Waals surface area contributed by atoms with Gasteiger partial charge in [0.1, 0.15) is 0 Å². The first-order valence-corrected chi connectivity index (χ1v) is 9.72. The van der Waals surface area contributed by atoms with Crippen molar-refractivity contribution in [3.8, 4) is 0 Å². The molecule has 0 rings (SSSR count). The van der Waals surface area contributed by atoms with Gasteiger partial charge in [0.05, 0.1) is 0 Å². The summed E-state index contributed by atoms with van der Waals surface area (Å²) < 4.78 is 0. The van der Waals surface area contributed by atoms with E-state index < -0.39 is 11.9 Å². The molecule has 0 saturated heterocycles. The lowest BCUT2D eigenvalue weighted by Crippen LogP contribution is -2.01. The van der Waals surface area contributed by atoms with Gasteiger partial charge in [0.25, 0.3) is 0 Å². The van der Waals surface area contributed by atoms with E-state index in [0.29, 0.717) is 12.0 Å². The van der Waals surface area contributed by atoms with Gasteiger partial charge >= 0.3 is 11.9 Å². The van der Waals surface area contributed by atoms with Crippen molar-refractivity contribution in [3.05, 3.63) is 11.6 Å². The summed E-state index contributed by atoms with van der Waals surface area (Å²) in [6.07, 6.45) is 16.8. The maximum Gasteiger partial charge on any atom is 0.331 e. The van der Waals surface area contributed by atoms with E-state index in [-0.39, 0.29) is 6.42 Å². The van der Waals surface area contributed by atoms with Gasteiger partial charge in [-0.15, -0.1) is 0 Å². The van der Waals surface area contributed by atoms with E-state index in [1.165, 1.54) is 32.1 Å². The molecule has 0 amide bonds. The Morgan fingerprint density at radius 3 is 1.75 bits per heavy atom. The molecule has 0 bridgehead atoms. The van der Waals surface area contributed by atoms with E-state index in [2.05, 4.69) is 6.92 Å². The highest BCUT2D eigenvalue weighted by Crippen LogP contribution is 2.15. The van der Waals surface area contributed by atoms with Crippen LogP contribution in [0.25, 0.3) is 0 Å². The average Bonchev–Trinajstić information content (AvgIpc) is 2.53. The third-order valence-electron chi connectivity index (χ3n) is 4.31. The number of carbonyl (C=O) groups is 2. The fraction of sp³-hybridized carbons (Fsp3) is 0.800. The van der Waals surface area contributed by atoms with E-state index in [4.69, 9.17) is 5.11 Å². The Morgan fingerprint density at radius 1 is 0.708 bits per heavy atom. The molecule has 4 heteroatoms. The highest BCUT2D eigenvalue weighted by atomic mass is 16.4. The number of unbranched alkanes of at least 4 members (excludes halogenated alkanes) is 11. The molecule has 0 saturated carbocycles. The maximum absolute atomic E-state index is 11.2. The lowest BCUT2D eigenvalue weighted by Gasteiger charge is -2.04. The van der Waals surface area contributed by atoms with Gasteiger partial charge in [-0.3, -0.25) is 4.79 Å². The van der Waals surface area contributed by atoms with Crippen molar-refractivity contribution in [2.45, 2.75) is 103 Å². The third-order valence-corrected chi connectivity index (χ3v) is 4.31. The summed E-state index contributed by atoms with van der Waals surface area (Å²) >= 11 is 0. The van der Waals surface area contributed by atoms with Crippen molar-refractivity contribution in [2.24, 2.45) is 0 Å². The molecular formula is C20H36O4. The number of aliphatic carboxylic acids is 2. The highest BCUT2D eigenvalue weighted by molar-refractivity contribution is 5.86. The number of carboxylic acid groups (broad SMARTS) is 2. The molecule has 0 atom stereocenters. The molecule has 2 N–H and O–H groups in total. The molecule has 140 valence electrons. The molecule has 0 heterocycles. The van der Waals surface area contributed by atoms with Crippen LogP contribution in [0.15, 0.2) is 11.6 Å². The monoisotopic (exact) mass is 340 g/mol. The minimum absolute atomic E-state index is 0.254. The van der Waals surface area contributed by atoms with Crippen LogP contribution in [0, 0.1) is 0 Å². The number of hydrogen-bond donors (Lipinski definition) is 2. The molecule has 0 aromatic heterocycles. The average molecular weight is 341 g/mol. The Balaban J connectivity index is 3.67. The number of carboxylic acids is 2. The minimum atomic E-state index is -0.776. The van der Waals surface area contributed by atoms with Crippen molar-refractivity contribution in [2.75, 3.05) is 0 Å². The quantitative estimate of drug-likeness (QED) is 0.253. The third kappa shape index (κ3) is 15.6. The summed E-state index contributed by atoms with van der Waals surface area (Å²) in [6, 6.07) is 0.